The summed E-state index contributed by atoms with van der Waals surface area (Å²) in [6.45, 7) is 0.553. The Hall–Kier alpha value is -1.75. The Labute approximate surface area is 92.3 Å². The number of benzene rings is 1. The Morgan fingerprint density at radius 3 is 3.19 bits per heavy atom. The highest BCUT2D eigenvalue weighted by molar-refractivity contribution is 5.89. The summed E-state index contributed by atoms with van der Waals surface area (Å²) in [5.41, 5.74) is 1.54. The van der Waals surface area contributed by atoms with Gasteiger partial charge in [-0.05, 0) is 11.6 Å². The fourth-order valence-corrected chi connectivity index (χ4v) is 2.00. The number of aliphatic imine (C=N–C) groups is 1. The molecule has 1 aromatic carbocycles. The van der Waals surface area contributed by atoms with E-state index in [1.54, 1.807) is 19.4 Å². The number of aliphatic hydroxyl groups excluding tert-OH is 1. The van der Waals surface area contributed by atoms with Gasteiger partial charge in [-0.15, -0.1) is 0 Å². The van der Waals surface area contributed by atoms with Crippen molar-refractivity contribution in [3.63, 3.8) is 0 Å². The summed E-state index contributed by atoms with van der Waals surface area (Å²) in [6, 6.07) is 1.79. The van der Waals surface area contributed by atoms with Crippen LogP contribution < -0.4 is 14.2 Å². The normalized spacial score (nSPS) is 20.8. The molecule has 0 saturated heterocycles. The summed E-state index contributed by atoms with van der Waals surface area (Å²) in [5.74, 6) is 1.78. The zero-order valence-electron chi connectivity index (χ0n) is 8.77. The number of methoxy groups -OCH3 is 1. The Kier molecular flexibility index (Phi) is 2.00. The maximum atomic E-state index is 9.85. The average molecular weight is 221 g/mol. The van der Waals surface area contributed by atoms with Crippen molar-refractivity contribution in [3.05, 3.63) is 17.2 Å². The van der Waals surface area contributed by atoms with Crippen LogP contribution in [0.1, 0.15) is 17.2 Å². The summed E-state index contributed by atoms with van der Waals surface area (Å²) in [4.78, 5) is 4.08. The molecule has 0 saturated carbocycles. The van der Waals surface area contributed by atoms with Crippen LogP contribution in [0.25, 0.3) is 0 Å². The molecular formula is C11H11NO4. The minimum absolute atomic E-state index is 0.182. The average Bonchev–Trinajstić information content (AvgIpc) is 2.75. The Balaban J connectivity index is 2.26. The molecule has 0 aromatic heterocycles. The van der Waals surface area contributed by atoms with E-state index in [0.29, 0.717) is 23.8 Å². The summed E-state index contributed by atoms with van der Waals surface area (Å²) < 4.78 is 15.9. The molecule has 5 nitrogen and oxygen atoms in total. The molecule has 84 valence electrons. The van der Waals surface area contributed by atoms with E-state index in [4.69, 9.17) is 14.2 Å². The van der Waals surface area contributed by atoms with E-state index in [-0.39, 0.29) is 6.79 Å². The molecule has 0 fully saturated rings. The molecule has 5 heteroatoms. The van der Waals surface area contributed by atoms with Gasteiger partial charge in [-0.2, -0.15) is 0 Å². The van der Waals surface area contributed by atoms with Crippen LogP contribution in [-0.4, -0.2) is 31.8 Å². The molecule has 0 spiro atoms. The van der Waals surface area contributed by atoms with Crippen molar-refractivity contribution in [2.45, 2.75) is 6.10 Å². The van der Waals surface area contributed by atoms with Crippen LogP contribution in [-0.2, 0) is 0 Å². The summed E-state index contributed by atoms with van der Waals surface area (Å²) in [6.07, 6.45) is 1.09. The van der Waals surface area contributed by atoms with Gasteiger partial charge in [0.15, 0.2) is 11.5 Å². The first-order valence-corrected chi connectivity index (χ1v) is 4.99. The van der Waals surface area contributed by atoms with Gasteiger partial charge in [0, 0.05) is 11.8 Å². The molecule has 0 aliphatic carbocycles. The molecule has 2 aliphatic rings. The zero-order valence-corrected chi connectivity index (χ0v) is 8.77. The highest BCUT2D eigenvalue weighted by Crippen LogP contribution is 2.46. The molecule has 0 radical (unpaired) electrons. The number of ether oxygens (including phenoxy) is 3. The molecule has 1 atom stereocenters. The molecule has 2 heterocycles. The van der Waals surface area contributed by atoms with Crippen LogP contribution in [0.15, 0.2) is 11.1 Å². The molecule has 0 bridgehead atoms. The van der Waals surface area contributed by atoms with E-state index in [2.05, 4.69) is 4.99 Å². The first-order valence-electron chi connectivity index (χ1n) is 4.99. The van der Waals surface area contributed by atoms with Crippen LogP contribution in [0.3, 0.4) is 0 Å². The highest BCUT2D eigenvalue weighted by Gasteiger charge is 2.28. The van der Waals surface area contributed by atoms with Crippen molar-refractivity contribution >= 4 is 6.21 Å². The van der Waals surface area contributed by atoms with Crippen molar-refractivity contribution in [2.24, 2.45) is 4.99 Å². The van der Waals surface area contributed by atoms with E-state index >= 15 is 0 Å². The molecule has 0 amide bonds. The quantitative estimate of drug-likeness (QED) is 0.765. The largest absolute Gasteiger partial charge is 0.492 e. The molecule has 2 aliphatic heterocycles. The third-order valence-corrected chi connectivity index (χ3v) is 2.75. The standard InChI is InChI=1S/C11H11NO4/c1-14-10-7-3-12-4-8(13)6(7)2-9-11(10)16-5-15-9/h2-3,8,13H,4-5H2,1H3/t8-/m1/s1. The number of hydrogen-bond donors (Lipinski definition) is 1. The minimum Gasteiger partial charge on any atom is -0.492 e. The second kappa shape index (κ2) is 3.38. The third kappa shape index (κ3) is 1.18. The molecule has 1 N–H and O–H groups in total. The van der Waals surface area contributed by atoms with Gasteiger partial charge in [0.05, 0.1) is 19.8 Å². The van der Waals surface area contributed by atoms with Crippen LogP contribution in [0.2, 0.25) is 0 Å². The van der Waals surface area contributed by atoms with E-state index in [1.807, 2.05) is 0 Å². The van der Waals surface area contributed by atoms with Gasteiger partial charge in [-0.25, -0.2) is 0 Å². The van der Waals surface area contributed by atoms with Crippen molar-refractivity contribution in [1.82, 2.24) is 0 Å². The van der Waals surface area contributed by atoms with Gasteiger partial charge in [0.2, 0.25) is 12.5 Å². The Morgan fingerprint density at radius 1 is 1.50 bits per heavy atom. The summed E-state index contributed by atoms with van der Waals surface area (Å²) >= 11 is 0. The van der Waals surface area contributed by atoms with Crippen molar-refractivity contribution in [3.8, 4) is 17.2 Å². The van der Waals surface area contributed by atoms with Crippen LogP contribution in [0.4, 0.5) is 0 Å². The number of nitrogens with zero attached hydrogens (tertiary/aromatic N) is 1. The fourth-order valence-electron chi connectivity index (χ4n) is 2.00. The number of fused-ring (bicyclic) bond motifs is 2. The molecule has 0 unspecified atom stereocenters. The van der Waals surface area contributed by atoms with E-state index in [9.17, 15) is 5.11 Å². The van der Waals surface area contributed by atoms with Gasteiger partial charge in [0.25, 0.3) is 0 Å². The molecule has 3 rings (SSSR count). The summed E-state index contributed by atoms with van der Waals surface area (Å²) in [7, 11) is 1.56. The van der Waals surface area contributed by atoms with Crippen LogP contribution in [0.5, 0.6) is 17.2 Å². The predicted octanol–water partition coefficient (Wildman–Crippen LogP) is 0.890. The molecular weight excluding hydrogens is 210 g/mol. The zero-order chi connectivity index (χ0) is 11.1. The number of aliphatic hydroxyl groups is 1. The topological polar surface area (TPSA) is 60.3 Å². The smallest absolute Gasteiger partial charge is 0.231 e. The number of rotatable bonds is 1. The van der Waals surface area contributed by atoms with Crippen molar-refractivity contribution in [2.75, 3.05) is 20.4 Å². The van der Waals surface area contributed by atoms with Crippen LogP contribution >= 0.6 is 0 Å². The molecule has 1 aromatic rings. The Bertz CT molecular complexity index is 470. The maximum absolute atomic E-state index is 9.85. The number of hydrogen-bond acceptors (Lipinski definition) is 5. The van der Waals surface area contributed by atoms with E-state index in [0.717, 1.165) is 11.1 Å². The van der Waals surface area contributed by atoms with Gasteiger partial charge < -0.3 is 19.3 Å². The lowest BCUT2D eigenvalue weighted by Crippen LogP contribution is -2.11. The van der Waals surface area contributed by atoms with Gasteiger partial charge in [0.1, 0.15) is 0 Å². The second-order valence-electron chi connectivity index (χ2n) is 3.66. The lowest BCUT2D eigenvalue weighted by atomic mass is 9.98. The second-order valence-corrected chi connectivity index (χ2v) is 3.66. The maximum Gasteiger partial charge on any atom is 0.231 e. The lowest BCUT2D eigenvalue weighted by Gasteiger charge is -2.19. The summed E-state index contributed by atoms with van der Waals surface area (Å²) in [5, 5.41) is 9.85. The first kappa shape index (κ1) is 9.47. The van der Waals surface area contributed by atoms with E-state index in [1.165, 1.54) is 0 Å². The minimum atomic E-state index is -0.608. The van der Waals surface area contributed by atoms with Gasteiger partial charge >= 0.3 is 0 Å². The van der Waals surface area contributed by atoms with E-state index < -0.39 is 6.10 Å². The molecule has 16 heavy (non-hydrogen) atoms. The fraction of sp³-hybridized carbons (Fsp3) is 0.364. The van der Waals surface area contributed by atoms with Gasteiger partial charge in [-0.3, -0.25) is 4.99 Å². The predicted molar refractivity (Wildman–Crippen MR) is 56.5 cm³/mol. The van der Waals surface area contributed by atoms with Crippen molar-refractivity contribution in [1.29, 1.82) is 0 Å². The lowest BCUT2D eigenvalue weighted by molar-refractivity contribution is 0.170. The van der Waals surface area contributed by atoms with Gasteiger partial charge in [-0.1, -0.05) is 0 Å². The van der Waals surface area contributed by atoms with Crippen LogP contribution in [0, 0.1) is 0 Å². The van der Waals surface area contributed by atoms with Crippen molar-refractivity contribution < 1.29 is 19.3 Å². The third-order valence-electron chi connectivity index (χ3n) is 2.75. The first-order chi connectivity index (χ1) is 7.81. The Morgan fingerprint density at radius 2 is 2.38 bits per heavy atom. The SMILES string of the molecule is COc1c2c(cc3c1OCO3)[C@H](O)CN=C2. The monoisotopic (exact) mass is 221 g/mol. The highest BCUT2D eigenvalue weighted by atomic mass is 16.7.